The average Bonchev–Trinajstić information content (AvgIpc) is 2.84. The van der Waals surface area contributed by atoms with E-state index in [1.54, 1.807) is 18.2 Å². The van der Waals surface area contributed by atoms with Crippen LogP contribution in [0.4, 0.5) is 11.5 Å². The summed E-state index contributed by atoms with van der Waals surface area (Å²) in [7, 11) is -0.257. The van der Waals surface area contributed by atoms with Crippen LogP contribution in [-0.4, -0.2) is 43.0 Å². The quantitative estimate of drug-likeness (QED) is 0.360. The number of nitrogens with two attached hydrogens (primary N) is 1. The van der Waals surface area contributed by atoms with E-state index in [2.05, 4.69) is 0 Å². The number of benzene rings is 2. The molecule has 3 rings (SSSR count). The van der Waals surface area contributed by atoms with Crippen molar-refractivity contribution in [3.8, 4) is 0 Å². The monoisotopic (exact) mass is 520 g/mol. The number of sulfonamides is 1. The first kappa shape index (κ1) is 25.7. The molecule has 0 aliphatic rings. The number of anilines is 2. The summed E-state index contributed by atoms with van der Waals surface area (Å²) >= 11 is 5.95. The zero-order valence-corrected chi connectivity index (χ0v) is 20.5. The fraction of sp³-hybridized carbons (Fsp3) is 0.182. The Labute approximate surface area is 205 Å². The summed E-state index contributed by atoms with van der Waals surface area (Å²) in [5.41, 5.74) is 3.76. The molecule has 1 heterocycles. The molecule has 13 heteroatoms. The van der Waals surface area contributed by atoms with Crippen LogP contribution in [-0.2, 0) is 28.9 Å². The molecule has 0 atom stereocenters. The Kier molecular flexibility index (Phi) is 7.17. The normalized spacial score (nSPS) is 11.2. The van der Waals surface area contributed by atoms with Gasteiger partial charge in [0.05, 0.1) is 16.1 Å². The molecule has 0 spiro atoms. The molecule has 3 aromatic rings. The summed E-state index contributed by atoms with van der Waals surface area (Å²) in [5, 5.41) is 0.348. The number of rotatable bonds is 7. The minimum Gasteiger partial charge on any atom is -0.454 e. The van der Waals surface area contributed by atoms with Gasteiger partial charge in [0.25, 0.3) is 15.6 Å². The molecular formula is C22H21ClN4O7S. The van der Waals surface area contributed by atoms with Gasteiger partial charge in [-0.3, -0.25) is 23.0 Å². The van der Waals surface area contributed by atoms with Gasteiger partial charge in [-0.2, -0.15) is 0 Å². The van der Waals surface area contributed by atoms with E-state index in [0.29, 0.717) is 15.3 Å². The molecule has 2 aromatic carbocycles. The van der Waals surface area contributed by atoms with E-state index < -0.39 is 45.2 Å². The maximum absolute atomic E-state index is 13.0. The third-order valence-electron chi connectivity index (χ3n) is 5.22. The first-order chi connectivity index (χ1) is 16.4. The Morgan fingerprint density at radius 1 is 1.06 bits per heavy atom. The summed E-state index contributed by atoms with van der Waals surface area (Å²) in [6.07, 6.45) is 0. The second-order valence-electron chi connectivity index (χ2n) is 7.45. The second-order valence-corrected chi connectivity index (χ2v) is 9.85. The Morgan fingerprint density at radius 2 is 1.71 bits per heavy atom. The zero-order valence-electron chi connectivity index (χ0n) is 18.9. The van der Waals surface area contributed by atoms with Crippen LogP contribution < -0.4 is 21.3 Å². The molecule has 0 fully saturated rings. The smallest absolute Gasteiger partial charge is 0.338 e. The van der Waals surface area contributed by atoms with Crippen LogP contribution in [0.25, 0.3) is 0 Å². The molecule has 2 N–H and O–H groups in total. The van der Waals surface area contributed by atoms with Gasteiger partial charge >= 0.3 is 11.7 Å². The highest BCUT2D eigenvalue weighted by Crippen LogP contribution is 2.25. The molecular weight excluding hydrogens is 500 g/mol. The third kappa shape index (κ3) is 4.98. The molecule has 35 heavy (non-hydrogen) atoms. The van der Waals surface area contributed by atoms with Gasteiger partial charge < -0.3 is 10.5 Å². The number of ether oxygens (including phenoxy) is 1. The highest BCUT2D eigenvalue weighted by atomic mass is 35.5. The van der Waals surface area contributed by atoms with Crippen molar-refractivity contribution in [2.24, 2.45) is 14.1 Å². The van der Waals surface area contributed by atoms with Crippen LogP contribution in [0, 0.1) is 0 Å². The van der Waals surface area contributed by atoms with Crippen molar-refractivity contribution in [1.82, 2.24) is 9.13 Å². The molecule has 0 radical (unpaired) electrons. The maximum atomic E-state index is 13.0. The number of hydrogen-bond donors (Lipinski definition) is 1. The molecule has 11 nitrogen and oxygen atoms in total. The Balaban J connectivity index is 1.82. The number of carbonyl (C=O) groups is 2. The van der Waals surface area contributed by atoms with Crippen molar-refractivity contribution >= 4 is 44.9 Å². The van der Waals surface area contributed by atoms with Gasteiger partial charge in [0.2, 0.25) is 5.78 Å². The van der Waals surface area contributed by atoms with Crippen molar-refractivity contribution in [3.05, 3.63) is 85.5 Å². The van der Waals surface area contributed by atoms with E-state index in [-0.39, 0.29) is 16.3 Å². The highest BCUT2D eigenvalue weighted by molar-refractivity contribution is 7.92. The summed E-state index contributed by atoms with van der Waals surface area (Å²) < 4.78 is 33.7. The van der Waals surface area contributed by atoms with E-state index in [4.69, 9.17) is 22.1 Å². The molecule has 0 amide bonds. The van der Waals surface area contributed by atoms with E-state index in [1.807, 2.05) is 0 Å². The minimum atomic E-state index is -4.06. The van der Waals surface area contributed by atoms with Gasteiger partial charge in [-0.05, 0) is 36.4 Å². The molecule has 1 aromatic heterocycles. The number of nitrogen functional groups attached to an aromatic ring is 1. The van der Waals surface area contributed by atoms with Gasteiger partial charge in [-0.1, -0.05) is 23.7 Å². The van der Waals surface area contributed by atoms with E-state index in [1.165, 1.54) is 45.4 Å². The SMILES string of the molecule is CN(c1cccc(Cl)c1)S(=O)(=O)c1cccc(C(=O)OCC(=O)c2c(N)n(C)c(=O)n(C)c2=O)c1. The number of nitrogens with zero attached hydrogens (tertiary/aromatic N) is 3. The Hall–Kier alpha value is -3.90. The van der Waals surface area contributed by atoms with Gasteiger partial charge in [-0.25, -0.2) is 18.0 Å². The number of hydrogen-bond acceptors (Lipinski definition) is 8. The molecule has 0 aliphatic carbocycles. The largest absolute Gasteiger partial charge is 0.454 e. The number of Topliss-reactive ketones (excluding diaryl/α,β-unsaturated/α-hetero) is 1. The molecule has 0 unspecified atom stereocenters. The number of aromatic nitrogens is 2. The molecule has 0 saturated heterocycles. The predicted octanol–water partition coefficient (Wildman–Crippen LogP) is 1.18. The standard InChI is InChI=1S/C22H21ClN4O7S/c1-25-19(24)18(20(29)26(2)22(25)31)17(28)12-34-21(30)13-6-4-9-16(10-13)35(32,33)27(3)15-8-5-7-14(23)11-15/h4-11H,12,24H2,1-3H3. The lowest BCUT2D eigenvalue weighted by Crippen LogP contribution is -2.42. The van der Waals surface area contributed by atoms with Gasteiger partial charge in [0, 0.05) is 26.2 Å². The zero-order chi connectivity index (χ0) is 26.1. The fourth-order valence-electron chi connectivity index (χ4n) is 3.16. The van der Waals surface area contributed by atoms with Crippen LogP contribution in [0.2, 0.25) is 5.02 Å². The molecule has 0 aliphatic heterocycles. The lowest BCUT2D eigenvalue weighted by atomic mass is 10.2. The van der Waals surface area contributed by atoms with Gasteiger partial charge in [0.15, 0.2) is 6.61 Å². The van der Waals surface area contributed by atoms with Crippen LogP contribution >= 0.6 is 11.6 Å². The van der Waals surface area contributed by atoms with Crippen LogP contribution in [0.5, 0.6) is 0 Å². The second kappa shape index (κ2) is 9.76. The Morgan fingerprint density at radius 3 is 2.37 bits per heavy atom. The predicted molar refractivity (Wildman–Crippen MR) is 129 cm³/mol. The van der Waals surface area contributed by atoms with Crippen LogP contribution in [0.15, 0.2) is 63.0 Å². The average molecular weight is 521 g/mol. The molecule has 0 bridgehead atoms. The van der Waals surface area contributed by atoms with Crippen LogP contribution in [0.1, 0.15) is 20.7 Å². The summed E-state index contributed by atoms with van der Waals surface area (Å²) in [6, 6.07) is 11.3. The lowest BCUT2D eigenvalue weighted by Gasteiger charge is -2.20. The number of esters is 1. The number of ketones is 1. The maximum Gasteiger partial charge on any atom is 0.338 e. The van der Waals surface area contributed by atoms with Crippen molar-refractivity contribution in [2.45, 2.75) is 4.90 Å². The number of halogens is 1. The topological polar surface area (TPSA) is 151 Å². The van der Waals surface area contributed by atoms with Gasteiger partial charge in [-0.15, -0.1) is 0 Å². The summed E-state index contributed by atoms with van der Waals surface area (Å²) in [4.78, 5) is 49.1. The summed E-state index contributed by atoms with van der Waals surface area (Å²) in [5.74, 6) is -2.28. The first-order valence-corrected chi connectivity index (χ1v) is 11.8. The minimum absolute atomic E-state index is 0.139. The van der Waals surface area contributed by atoms with Crippen molar-refractivity contribution in [2.75, 3.05) is 23.7 Å². The third-order valence-corrected chi connectivity index (χ3v) is 7.24. The fourth-order valence-corrected chi connectivity index (χ4v) is 4.58. The van der Waals surface area contributed by atoms with E-state index >= 15 is 0 Å². The van der Waals surface area contributed by atoms with Crippen molar-refractivity contribution < 1.29 is 22.7 Å². The van der Waals surface area contributed by atoms with Crippen molar-refractivity contribution in [3.63, 3.8) is 0 Å². The molecule has 184 valence electrons. The Bertz CT molecular complexity index is 1560. The van der Waals surface area contributed by atoms with Gasteiger partial charge in [0.1, 0.15) is 11.4 Å². The highest BCUT2D eigenvalue weighted by Gasteiger charge is 2.24. The molecule has 0 saturated carbocycles. The van der Waals surface area contributed by atoms with Crippen LogP contribution in [0.3, 0.4) is 0 Å². The van der Waals surface area contributed by atoms with E-state index in [9.17, 15) is 27.6 Å². The number of carbonyl (C=O) groups excluding carboxylic acids is 2. The first-order valence-electron chi connectivity index (χ1n) is 9.96. The summed E-state index contributed by atoms with van der Waals surface area (Å²) in [6.45, 7) is -0.851. The van der Waals surface area contributed by atoms with Crippen molar-refractivity contribution in [1.29, 1.82) is 0 Å². The van der Waals surface area contributed by atoms with E-state index in [0.717, 1.165) is 14.9 Å². The lowest BCUT2D eigenvalue weighted by molar-refractivity contribution is 0.0474.